The molecule has 0 saturated heterocycles. The fourth-order valence-electron chi connectivity index (χ4n) is 1.93. The molecule has 120 valence electrons. The third-order valence-electron chi connectivity index (χ3n) is 3.02. The van der Waals surface area contributed by atoms with Crippen molar-refractivity contribution in [3.05, 3.63) is 58.1 Å². The Kier molecular flexibility index (Phi) is 3.68. The Hall–Kier alpha value is -2.10. The molecule has 0 saturated carbocycles. The number of rotatable bonds is 1. The zero-order valence-corrected chi connectivity index (χ0v) is 10.1. The summed E-state index contributed by atoms with van der Waals surface area (Å²) in [4.78, 5) is 0. The highest BCUT2D eigenvalue weighted by molar-refractivity contribution is 5.43. The van der Waals surface area contributed by atoms with Crippen LogP contribution >= 0.6 is 0 Å². The molecule has 10 heteroatoms. The number of aliphatic hydroxyl groups excluding tert-OH is 1. The highest BCUT2D eigenvalue weighted by Crippen LogP contribution is 2.43. The van der Waals surface area contributed by atoms with Crippen molar-refractivity contribution < 1.29 is 45.3 Å². The van der Waals surface area contributed by atoms with Gasteiger partial charge in [0.2, 0.25) is 5.82 Å². The summed E-state index contributed by atoms with van der Waals surface area (Å²) in [6.45, 7) is 0. The van der Waals surface area contributed by atoms with Gasteiger partial charge in [0, 0.05) is 0 Å². The predicted octanol–water partition coefficient (Wildman–Crippen LogP) is 3.51. The van der Waals surface area contributed by atoms with E-state index in [-0.39, 0.29) is 0 Å². The molecule has 2 atom stereocenters. The highest BCUT2D eigenvalue weighted by atomic mass is 19.2. The molecule has 0 spiro atoms. The molecular weight excluding hydrogens is 328 g/mol. The predicted molar refractivity (Wildman–Crippen MR) is 55.0 cm³/mol. The van der Waals surface area contributed by atoms with Crippen molar-refractivity contribution in [2.24, 2.45) is 0 Å². The van der Waals surface area contributed by atoms with Gasteiger partial charge in [-0.25, -0.2) is 30.7 Å². The van der Waals surface area contributed by atoms with Crippen molar-refractivity contribution in [1.29, 1.82) is 0 Å². The molecule has 0 aliphatic heterocycles. The number of hydrogen-bond donors (Lipinski definition) is 2. The van der Waals surface area contributed by atoms with Crippen LogP contribution in [0.1, 0.15) is 5.56 Å². The van der Waals surface area contributed by atoms with Gasteiger partial charge in [-0.3, -0.25) is 0 Å². The lowest BCUT2D eigenvalue weighted by Gasteiger charge is -2.31. The summed E-state index contributed by atoms with van der Waals surface area (Å²) in [5, 5.41) is 18.8. The van der Waals surface area contributed by atoms with Gasteiger partial charge in [-0.1, -0.05) is 0 Å². The maximum Gasteiger partial charge on any atom is 0.200 e. The van der Waals surface area contributed by atoms with E-state index in [2.05, 4.69) is 0 Å². The quantitative estimate of drug-likeness (QED) is 0.469. The maximum absolute atomic E-state index is 13.8. The first-order valence-corrected chi connectivity index (χ1v) is 5.39. The second kappa shape index (κ2) is 4.97. The van der Waals surface area contributed by atoms with E-state index in [9.17, 15) is 40.2 Å². The van der Waals surface area contributed by atoms with Crippen LogP contribution in [-0.2, 0) is 5.60 Å². The van der Waals surface area contributed by atoms with Gasteiger partial charge in [0.1, 0.15) is 0 Å². The van der Waals surface area contributed by atoms with Gasteiger partial charge in [0.15, 0.2) is 52.5 Å². The summed E-state index contributed by atoms with van der Waals surface area (Å²) in [5.74, 6) is -19.4. The van der Waals surface area contributed by atoms with Crippen molar-refractivity contribution in [3.63, 3.8) is 0 Å². The SMILES string of the molecule is OC1=C(F)C(F)=CC(O)(c2c(F)c(F)c(F)c(F)c2F)C1F. The largest absolute Gasteiger partial charge is 0.506 e. The molecule has 0 aromatic heterocycles. The fraction of sp³-hybridized carbons (Fsp3) is 0.167. The zero-order chi connectivity index (χ0) is 17.0. The van der Waals surface area contributed by atoms with E-state index in [1.54, 1.807) is 0 Å². The number of hydrogen-bond acceptors (Lipinski definition) is 2. The first kappa shape index (κ1) is 16.3. The average molecular weight is 332 g/mol. The van der Waals surface area contributed by atoms with Crippen LogP contribution in [0.4, 0.5) is 35.1 Å². The molecule has 2 nitrogen and oxygen atoms in total. The molecule has 0 fully saturated rings. The van der Waals surface area contributed by atoms with Gasteiger partial charge >= 0.3 is 0 Å². The molecule has 0 bridgehead atoms. The summed E-state index contributed by atoms with van der Waals surface area (Å²) in [6, 6.07) is 0. The number of allylic oxidation sites excluding steroid dienone is 2. The Morgan fingerprint density at radius 2 is 1.23 bits per heavy atom. The zero-order valence-electron chi connectivity index (χ0n) is 10.1. The van der Waals surface area contributed by atoms with Crippen molar-refractivity contribution in [2.45, 2.75) is 11.8 Å². The van der Waals surface area contributed by atoms with E-state index in [0.717, 1.165) is 0 Å². The topological polar surface area (TPSA) is 40.5 Å². The van der Waals surface area contributed by atoms with Gasteiger partial charge in [-0.05, 0) is 6.08 Å². The van der Waals surface area contributed by atoms with Crippen LogP contribution in [0, 0.1) is 29.1 Å². The molecule has 1 aromatic carbocycles. The minimum absolute atomic E-state index is 0.439. The molecule has 0 radical (unpaired) electrons. The molecule has 1 aliphatic rings. The van der Waals surface area contributed by atoms with Crippen molar-refractivity contribution in [1.82, 2.24) is 0 Å². The fourth-order valence-corrected chi connectivity index (χ4v) is 1.93. The highest BCUT2D eigenvalue weighted by Gasteiger charge is 2.50. The lowest BCUT2D eigenvalue weighted by atomic mass is 9.83. The van der Waals surface area contributed by atoms with E-state index >= 15 is 0 Å². The van der Waals surface area contributed by atoms with Crippen LogP contribution < -0.4 is 0 Å². The van der Waals surface area contributed by atoms with Crippen molar-refractivity contribution in [2.75, 3.05) is 0 Å². The standard InChI is InChI=1S/C12H4F8O2/c13-2-1-12(22,11(20)10(21)4(2)14)3-5(15)7(17)9(19)8(18)6(3)16/h1,11,21-22H. The smallest absolute Gasteiger partial charge is 0.200 e. The molecule has 1 aliphatic carbocycles. The van der Waals surface area contributed by atoms with Crippen LogP contribution in [0.2, 0.25) is 0 Å². The van der Waals surface area contributed by atoms with Gasteiger partial charge in [0.25, 0.3) is 0 Å². The molecule has 0 heterocycles. The van der Waals surface area contributed by atoms with E-state index < -0.39 is 69.9 Å². The lowest BCUT2D eigenvalue weighted by Crippen LogP contribution is -2.41. The van der Waals surface area contributed by atoms with Crippen LogP contribution in [0.15, 0.2) is 23.5 Å². The molecule has 0 amide bonds. The number of halogens is 8. The van der Waals surface area contributed by atoms with E-state index in [1.165, 1.54) is 0 Å². The first-order chi connectivity index (χ1) is 10.0. The third kappa shape index (κ3) is 1.97. The normalized spacial score (nSPS) is 25.5. The minimum atomic E-state index is -3.84. The molecule has 2 unspecified atom stereocenters. The summed E-state index contributed by atoms with van der Waals surface area (Å²) >= 11 is 0. The minimum Gasteiger partial charge on any atom is -0.506 e. The van der Waals surface area contributed by atoms with Gasteiger partial charge < -0.3 is 10.2 Å². The molecule has 1 aromatic rings. The first-order valence-electron chi connectivity index (χ1n) is 5.39. The van der Waals surface area contributed by atoms with Crippen molar-refractivity contribution >= 4 is 0 Å². The monoisotopic (exact) mass is 332 g/mol. The van der Waals surface area contributed by atoms with E-state index in [4.69, 9.17) is 5.11 Å². The van der Waals surface area contributed by atoms with Crippen molar-refractivity contribution in [3.8, 4) is 0 Å². The summed E-state index contributed by atoms with van der Waals surface area (Å²) < 4.78 is 106. The number of benzene rings is 1. The molecule has 2 rings (SSSR count). The van der Waals surface area contributed by atoms with Gasteiger partial charge in [-0.15, -0.1) is 0 Å². The second-order valence-corrected chi connectivity index (χ2v) is 4.32. The maximum atomic E-state index is 13.8. The van der Waals surface area contributed by atoms with Gasteiger partial charge in [0.05, 0.1) is 5.56 Å². The summed E-state index contributed by atoms with van der Waals surface area (Å²) in [6.07, 6.45) is -3.84. The van der Waals surface area contributed by atoms with E-state index in [1.807, 2.05) is 0 Å². The lowest BCUT2D eigenvalue weighted by molar-refractivity contribution is -0.0125. The Bertz CT molecular complexity index is 697. The van der Waals surface area contributed by atoms with Crippen LogP contribution in [-0.4, -0.2) is 16.4 Å². The Morgan fingerprint density at radius 1 is 0.818 bits per heavy atom. The number of alkyl halides is 1. The van der Waals surface area contributed by atoms with Crippen LogP contribution in [0.3, 0.4) is 0 Å². The number of aliphatic hydroxyl groups is 2. The second-order valence-electron chi connectivity index (χ2n) is 4.32. The Balaban J connectivity index is 2.83. The Morgan fingerprint density at radius 3 is 1.68 bits per heavy atom. The van der Waals surface area contributed by atoms with Crippen LogP contribution in [0.25, 0.3) is 0 Å². The molecule has 2 N–H and O–H groups in total. The Labute approximate surface area is 116 Å². The molecule has 22 heavy (non-hydrogen) atoms. The van der Waals surface area contributed by atoms with E-state index in [0.29, 0.717) is 0 Å². The molecular formula is C12H4F8O2. The third-order valence-corrected chi connectivity index (χ3v) is 3.02. The van der Waals surface area contributed by atoms with Crippen LogP contribution in [0.5, 0.6) is 0 Å². The summed E-state index contributed by atoms with van der Waals surface area (Å²) in [5.41, 5.74) is -6.00. The summed E-state index contributed by atoms with van der Waals surface area (Å²) in [7, 11) is 0. The van der Waals surface area contributed by atoms with Gasteiger partial charge in [-0.2, -0.15) is 4.39 Å². The average Bonchev–Trinajstić information content (AvgIpc) is 2.47.